The maximum Gasteiger partial charge on any atom is 0.322 e. The highest BCUT2D eigenvalue weighted by atomic mass is 16.5. The first kappa shape index (κ1) is 39.4. The van der Waals surface area contributed by atoms with Crippen LogP contribution in [0.3, 0.4) is 0 Å². The van der Waals surface area contributed by atoms with Gasteiger partial charge in [-0.25, -0.2) is 0 Å². The lowest BCUT2D eigenvalue weighted by molar-refractivity contribution is -0.147. The van der Waals surface area contributed by atoms with E-state index >= 15 is 0 Å². The van der Waals surface area contributed by atoms with Crippen molar-refractivity contribution >= 4 is 17.8 Å². The molecule has 0 saturated heterocycles. The van der Waals surface area contributed by atoms with E-state index in [-0.39, 0.29) is 24.5 Å². The Kier molecular flexibility index (Phi) is 29.3. The van der Waals surface area contributed by atoms with Crippen LogP contribution in [0.25, 0.3) is 0 Å². The Balaban J connectivity index is 4.38. The number of hydrogen-bond acceptors (Lipinski definition) is 4. The summed E-state index contributed by atoms with van der Waals surface area (Å²) in [6.07, 6.45) is 38.1. The minimum Gasteiger partial charge on any atom is -0.480 e. The Labute approximate surface area is 257 Å². The summed E-state index contributed by atoms with van der Waals surface area (Å²) >= 11 is 0. The fourth-order valence-electron chi connectivity index (χ4n) is 4.54. The monoisotopic (exact) mass is 587 g/mol. The van der Waals surface area contributed by atoms with E-state index in [2.05, 4.69) is 61.7 Å². The highest BCUT2D eigenvalue weighted by Gasteiger charge is 2.11. The number of nitrogens with one attached hydrogen (secondary N) is 1. The molecule has 0 saturated carbocycles. The van der Waals surface area contributed by atoms with Crippen LogP contribution in [0.4, 0.5) is 0 Å². The Bertz CT molecular complexity index is 784. The summed E-state index contributed by atoms with van der Waals surface area (Å²) in [7, 11) is 0. The highest BCUT2D eigenvalue weighted by Crippen LogP contribution is 2.15. The van der Waals surface area contributed by atoms with Gasteiger partial charge in [-0.3, -0.25) is 14.4 Å². The van der Waals surface area contributed by atoms with Crippen molar-refractivity contribution in [1.29, 1.82) is 0 Å². The summed E-state index contributed by atoms with van der Waals surface area (Å²) in [5.74, 6) is -1.34. The quantitative estimate of drug-likeness (QED) is 0.0516. The summed E-state index contributed by atoms with van der Waals surface area (Å²) in [6.45, 7) is 4.06. The van der Waals surface area contributed by atoms with Gasteiger partial charge in [-0.05, 0) is 57.4 Å². The zero-order chi connectivity index (χ0) is 30.9. The molecule has 0 bridgehead atoms. The van der Waals surface area contributed by atoms with Crippen LogP contribution >= 0.6 is 0 Å². The topological polar surface area (TPSA) is 92.7 Å². The molecule has 1 amide bonds. The molecular weight excluding hydrogens is 526 g/mol. The fraction of sp³-hybridized carbons (Fsp3) is 0.694. The molecule has 0 aliphatic rings. The maximum atomic E-state index is 12.5. The fourth-order valence-corrected chi connectivity index (χ4v) is 4.54. The SMILES string of the molecule is CC/C=C\C/C=C\C/C=C\C/C=C\C(CCCCCCCC(=O)NCC(=O)O)OC(=O)CCCCCCCCCCC. The molecule has 0 spiro atoms. The van der Waals surface area contributed by atoms with E-state index in [0.29, 0.717) is 12.8 Å². The summed E-state index contributed by atoms with van der Waals surface area (Å²) in [5.41, 5.74) is 0. The average molecular weight is 588 g/mol. The van der Waals surface area contributed by atoms with Crippen LogP contribution in [0, 0.1) is 0 Å². The first-order chi connectivity index (χ1) is 20.5. The molecule has 0 heterocycles. The first-order valence-electron chi connectivity index (χ1n) is 16.8. The molecule has 1 unspecified atom stereocenters. The number of carboxylic acid groups (broad SMARTS) is 1. The van der Waals surface area contributed by atoms with Crippen molar-refractivity contribution in [2.24, 2.45) is 0 Å². The van der Waals surface area contributed by atoms with E-state index in [9.17, 15) is 14.4 Å². The number of allylic oxidation sites excluding steroid dienone is 7. The summed E-state index contributed by atoms with van der Waals surface area (Å²) in [5, 5.41) is 11.0. The van der Waals surface area contributed by atoms with Crippen molar-refractivity contribution in [3.63, 3.8) is 0 Å². The molecule has 240 valence electrons. The molecule has 6 nitrogen and oxygen atoms in total. The number of esters is 1. The van der Waals surface area contributed by atoms with E-state index in [0.717, 1.165) is 77.0 Å². The van der Waals surface area contributed by atoms with Gasteiger partial charge >= 0.3 is 11.9 Å². The van der Waals surface area contributed by atoms with E-state index in [1.165, 1.54) is 44.9 Å². The lowest BCUT2D eigenvalue weighted by Crippen LogP contribution is -2.28. The van der Waals surface area contributed by atoms with Gasteiger partial charge in [-0.2, -0.15) is 0 Å². The van der Waals surface area contributed by atoms with Crippen molar-refractivity contribution in [2.75, 3.05) is 6.54 Å². The van der Waals surface area contributed by atoms with Crippen LogP contribution in [0.2, 0.25) is 0 Å². The number of hydrogen-bond donors (Lipinski definition) is 2. The van der Waals surface area contributed by atoms with E-state index in [4.69, 9.17) is 9.84 Å². The number of unbranched alkanes of at least 4 members (excludes halogenated alkanes) is 12. The molecule has 42 heavy (non-hydrogen) atoms. The molecule has 6 heteroatoms. The third-order valence-corrected chi connectivity index (χ3v) is 7.00. The number of amides is 1. The molecule has 0 aromatic carbocycles. The largest absolute Gasteiger partial charge is 0.480 e. The van der Waals surface area contributed by atoms with Crippen LogP contribution in [-0.4, -0.2) is 35.6 Å². The molecule has 2 N–H and O–H groups in total. The van der Waals surface area contributed by atoms with Crippen LogP contribution in [0.15, 0.2) is 48.6 Å². The normalized spacial score (nSPS) is 12.6. The third kappa shape index (κ3) is 30.3. The van der Waals surface area contributed by atoms with Crippen LogP contribution in [-0.2, 0) is 19.1 Å². The number of rotatable bonds is 29. The summed E-state index contributed by atoms with van der Waals surface area (Å²) in [4.78, 5) is 34.7. The lowest BCUT2D eigenvalue weighted by atomic mass is 10.1. The van der Waals surface area contributed by atoms with Gasteiger partial charge in [0.05, 0.1) is 0 Å². The number of carboxylic acids is 1. The van der Waals surface area contributed by atoms with Gasteiger partial charge in [0, 0.05) is 12.8 Å². The Morgan fingerprint density at radius 1 is 0.643 bits per heavy atom. The van der Waals surface area contributed by atoms with Gasteiger partial charge in [0.15, 0.2) is 0 Å². The van der Waals surface area contributed by atoms with E-state index in [1.54, 1.807) is 0 Å². The van der Waals surface area contributed by atoms with E-state index < -0.39 is 5.97 Å². The molecule has 0 aliphatic carbocycles. The number of carbonyl (C=O) groups excluding carboxylic acids is 2. The van der Waals surface area contributed by atoms with Gasteiger partial charge < -0.3 is 15.2 Å². The zero-order valence-electron chi connectivity index (χ0n) is 26.8. The van der Waals surface area contributed by atoms with Gasteiger partial charge in [-0.15, -0.1) is 0 Å². The molecule has 0 fully saturated rings. The second kappa shape index (κ2) is 31.3. The van der Waals surface area contributed by atoms with Crippen molar-refractivity contribution in [3.8, 4) is 0 Å². The standard InChI is InChI=1S/C36H61NO5/c1-3-5-7-9-11-13-14-16-17-20-24-28-33(29-25-21-19-22-26-30-34(38)37-32-35(39)40)42-36(41)31-27-23-18-15-12-10-8-6-4-2/h5,7,11,13,16-17,24,28,33H,3-4,6,8-10,12,14-15,18-23,25-27,29-32H2,1-2H3,(H,37,38)(H,39,40)/b7-5-,13-11-,17-16-,28-24-. The molecule has 1 atom stereocenters. The molecule has 0 aromatic heterocycles. The smallest absolute Gasteiger partial charge is 0.322 e. The summed E-state index contributed by atoms with van der Waals surface area (Å²) in [6, 6.07) is 0. The van der Waals surface area contributed by atoms with Crippen molar-refractivity contribution in [1.82, 2.24) is 5.32 Å². The summed E-state index contributed by atoms with van der Waals surface area (Å²) < 4.78 is 5.85. The lowest BCUT2D eigenvalue weighted by Gasteiger charge is -2.14. The molecular formula is C36H61NO5. The second-order valence-electron chi connectivity index (χ2n) is 11.0. The second-order valence-corrected chi connectivity index (χ2v) is 11.0. The zero-order valence-corrected chi connectivity index (χ0v) is 26.8. The number of aliphatic carboxylic acids is 1. The van der Waals surface area contributed by atoms with Crippen molar-refractivity contribution in [3.05, 3.63) is 48.6 Å². The minimum atomic E-state index is -1.03. The minimum absolute atomic E-state index is 0.0993. The maximum absolute atomic E-state index is 12.5. The van der Waals surface area contributed by atoms with Gasteiger partial charge in [0.2, 0.25) is 5.91 Å². The molecule has 0 aromatic rings. The Morgan fingerprint density at radius 2 is 1.14 bits per heavy atom. The number of ether oxygens (including phenoxy) is 1. The van der Waals surface area contributed by atoms with Gasteiger partial charge in [0.25, 0.3) is 0 Å². The first-order valence-corrected chi connectivity index (χ1v) is 16.8. The predicted octanol–water partition coefficient (Wildman–Crippen LogP) is 9.56. The Morgan fingerprint density at radius 3 is 1.71 bits per heavy atom. The van der Waals surface area contributed by atoms with Gasteiger partial charge in [0.1, 0.15) is 12.6 Å². The average Bonchev–Trinajstić information content (AvgIpc) is 2.97. The molecule has 0 aliphatic heterocycles. The Hall–Kier alpha value is -2.63. The third-order valence-electron chi connectivity index (χ3n) is 7.00. The molecule has 0 rings (SSSR count). The van der Waals surface area contributed by atoms with E-state index in [1.807, 2.05) is 6.08 Å². The van der Waals surface area contributed by atoms with Crippen LogP contribution < -0.4 is 5.32 Å². The van der Waals surface area contributed by atoms with Gasteiger partial charge in [-0.1, -0.05) is 127 Å². The highest BCUT2D eigenvalue weighted by molar-refractivity contribution is 5.80. The van der Waals surface area contributed by atoms with Crippen molar-refractivity contribution in [2.45, 2.75) is 155 Å². The van der Waals surface area contributed by atoms with Crippen molar-refractivity contribution < 1.29 is 24.2 Å². The molecule has 0 radical (unpaired) electrons. The predicted molar refractivity (Wildman–Crippen MR) is 175 cm³/mol. The van der Waals surface area contributed by atoms with Crippen LogP contribution in [0.1, 0.15) is 149 Å². The van der Waals surface area contributed by atoms with Crippen LogP contribution in [0.5, 0.6) is 0 Å². The number of carbonyl (C=O) groups is 3.